The van der Waals surface area contributed by atoms with Crippen LogP contribution in [-0.4, -0.2) is 60.1 Å². The minimum absolute atomic E-state index is 0.0153. The van der Waals surface area contributed by atoms with Gasteiger partial charge in [-0.3, -0.25) is 14.6 Å². The predicted molar refractivity (Wildman–Crippen MR) is 282 cm³/mol. The molecule has 1 saturated heterocycles. The summed E-state index contributed by atoms with van der Waals surface area (Å²) in [6, 6.07) is 38.0. The van der Waals surface area contributed by atoms with Gasteiger partial charge in [0.2, 0.25) is 0 Å². The number of carbonyl (C=O) groups excluding carboxylic acids is 3. The van der Waals surface area contributed by atoms with Gasteiger partial charge < -0.3 is 25.5 Å². The van der Waals surface area contributed by atoms with E-state index in [0.29, 0.717) is 90.6 Å². The van der Waals surface area contributed by atoms with Crippen LogP contribution in [0.4, 0.5) is 38.0 Å². The van der Waals surface area contributed by atoms with Gasteiger partial charge in [-0.1, -0.05) is 142 Å². The van der Waals surface area contributed by atoms with E-state index in [4.69, 9.17) is 81.2 Å². The number of carbonyl (C=O) groups is 4. The molecular formula is C52H37Cl7N6O5. The van der Waals surface area contributed by atoms with Crippen molar-refractivity contribution in [1.82, 2.24) is 15.5 Å². The highest BCUT2D eigenvalue weighted by atomic mass is 35.5. The molecule has 0 bridgehead atoms. The van der Waals surface area contributed by atoms with Gasteiger partial charge in [0.1, 0.15) is 0 Å². The summed E-state index contributed by atoms with van der Waals surface area (Å²) in [5.74, 6) is -1.27. The van der Waals surface area contributed by atoms with E-state index in [1.165, 1.54) is 15.9 Å². The van der Waals surface area contributed by atoms with Gasteiger partial charge in [0.15, 0.2) is 0 Å². The summed E-state index contributed by atoms with van der Waals surface area (Å²) in [4.78, 5) is 58.7. The van der Waals surface area contributed by atoms with Crippen molar-refractivity contribution in [1.29, 1.82) is 0 Å². The average Bonchev–Trinajstić information content (AvgIpc) is 3.35. The van der Waals surface area contributed by atoms with Gasteiger partial charge in [0, 0.05) is 77.1 Å². The number of nitrogens with one attached hydrogen (secondary N) is 2. The Kier molecular flexibility index (Phi) is 14.4. The number of rotatable bonds is 7. The van der Waals surface area contributed by atoms with Crippen molar-refractivity contribution >= 4 is 134 Å². The van der Waals surface area contributed by atoms with Crippen LogP contribution in [0.25, 0.3) is 22.3 Å². The summed E-state index contributed by atoms with van der Waals surface area (Å²) in [6.07, 6.45) is 0. The number of halogens is 7. The van der Waals surface area contributed by atoms with Gasteiger partial charge in [-0.25, -0.2) is 14.4 Å². The van der Waals surface area contributed by atoms with Crippen LogP contribution < -0.4 is 25.3 Å². The number of fused-ring (bicyclic) bond motifs is 2. The lowest BCUT2D eigenvalue weighted by molar-refractivity contribution is 0.0695. The molecular weight excluding hydrogens is 1040 g/mol. The minimum atomic E-state index is -1.13. The maximum atomic E-state index is 14.0. The van der Waals surface area contributed by atoms with E-state index in [9.17, 15) is 24.3 Å². The second kappa shape index (κ2) is 20.7. The number of hydrogen-bond donors (Lipinski definition) is 3. The molecule has 354 valence electrons. The van der Waals surface area contributed by atoms with E-state index in [1.54, 1.807) is 72.8 Å². The molecule has 18 heteroatoms. The van der Waals surface area contributed by atoms with Crippen LogP contribution in [0, 0.1) is 0 Å². The fourth-order valence-corrected chi connectivity index (χ4v) is 10.6. The lowest BCUT2D eigenvalue weighted by Gasteiger charge is -2.37. The maximum absolute atomic E-state index is 14.0. The summed E-state index contributed by atoms with van der Waals surface area (Å²) in [5, 5.41) is 18.2. The Labute approximate surface area is 437 Å². The number of para-hydroxylation sites is 3. The molecule has 7 aromatic carbocycles. The van der Waals surface area contributed by atoms with E-state index < -0.39 is 18.0 Å². The average molecular weight is 1070 g/mol. The molecule has 0 saturated carbocycles. The third-order valence-electron chi connectivity index (χ3n) is 12.1. The number of benzene rings is 7. The molecule has 3 aliphatic rings. The van der Waals surface area contributed by atoms with Crippen LogP contribution in [0.15, 0.2) is 133 Å². The first-order valence-electron chi connectivity index (χ1n) is 21.6. The molecule has 0 unspecified atom stereocenters. The molecule has 0 radical (unpaired) electrons. The highest BCUT2D eigenvalue weighted by Gasteiger charge is 2.35. The van der Waals surface area contributed by atoms with E-state index in [1.807, 2.05) is 59.5 Å². The lowest BCUT2D eigenvalue weighted by atomic mass is 9.93. The number of carboxylic acid groups (broad SMARTS) is 1. The predicted octanol–water partition coefficient (Wildman–Crippen LogP) is 14.7. The van der Waals surface area contributed by atoms with E-state index in [-0.39, 0.29) is 40.3 Å². The SMILES string of the molecule is O=C(O)c1cc(-c2ccccc2Cl)c2c(c1)N(c1c(Cl)cccc1Cl)C(=O)NC2.O=C(c1cc(-c2ccccc2Cl)c2c(c1)N(c1c(Cl)cccc1Cl)C(=O)NC2)N1CCN(c2ccccc2Cl)CC1. The largest absolute Gasteiger partial charge is 0.478 e. The normalized spacial score (nSPS) is 14.2. The van der Waals surface area contributed by atoms with Gasteiger partial charge in [-0.2, -0.15) is 0 Å². The highest BCUT2D eigenvalue weighted by Crippen LogP contribution is 2.47. The van der Waals surface area contributed by atoms with Crippen molar-refractivity contribution < 1.29 is 24.3 Å². The Hall–Kier alpha value is -6.15. The van der Waals surface area contributed by atoms with E-state index >= 15 is 0 Å². The quantitative estimate of drug-likeness (QED) is 0.146. The Balaban J connectivity index is 0.000000185. The maximum Gasteiger partial charge on any atom is 0.335 e. The van der Waals surface area contributed by atoms with E-state index in [2.05, 4.69) is 15.5 Å². The zero-order valence-corrected chi connectivity index (χ0v) is 41.8. The number of hydrogen-bond acceptors (Lipinski definition) is 5. The van der Waals surface area contributed by atoms with Crippen molar-refractivity contribution in [2.75, 3.05) is 40.9 Å². The first-order chi connectivity index (χ1) is 33.7. The Morgan fingerprint density at radius 1 is 0.443 bits per heavy atom. The molecule has 0 atom stereocenters. The summed E-state index contributed by atoms with van der Waals surface area (Å²) in [7, 11) is 0. The standard InChI is InChI=1S/C31H24Cl4N4O2.C21H13Cl3N2O3/c32-23-7-2-1-6-20(23)21-16-19(30(40)38-14-12-37(13-15-38)27-11-4-3-8-24(27)33)17-28-22(21)18-36-31(41)39(28)29-25(34)9-5-10-26(29)35;22-15-5-2-1-4-12(15)13-8-11(20(27)28)9-18-14(13)10-25-21(29)26(18)19-16(23)6-3-7-17(19)24/h1-11,16-17H,12-15,18H2,(H,36,41);1-9H,10H2,(H,25,29)(H,27,28). The van der Waals surface area contributed by atoms with Crippen LogP contribution >= 0.6 is 81.2 Å². The number of anilines is 5. The molecule has 5 amide bonds. The third kappa shape index (κ3) is 9.55. The van der Waals surface area contributed by atoms with Crippen LogP contribution in [0.5, 0.6) is 0 Å². The molecule has 3 N–H and O–H groups in total. The number of aromatic carboxylic acids is 1. The molecule has 0 spiro atoms. The molecule has 0 aliphatic carbocycles. The second-order valence-corrected chi connectivity index (χ2v) is 19.0. The van der Waals surface area contributed by atoms with Crippen molar-refractivity contribution in [3.8, 4) is 22.3 Å². The first kappa shape index (κ1) is 48.9. The fraction of sp³-hybridized carbons (Fsp3) is 0.115. The van der Waals surface area contributed by atoms with Gasteiger partial charge in [0.25, 0.3) is 5.91 Å². The molecule has 3 aliphatic heterocycles. The number of urea groups is 2. The molecule has 11 nitrogen and oxygen atoms in total. The van der Waals surface area contributed by atoms with Crippen molar-refractivity contribution in [2.45, 2.75) is 13.1 Å². The molecule has 0 aromatic heterocycles. The summed E-state index contributed by atoms with van der Waals surface area (Å²) in [6.45, 7) is 2.76. The molecule has 3 heterocycles. The summed E-state index contributed by atoms with van der Waals surface area (Å²) >= 11 is 45.2. The molecule has 1 fully saturated rings. The summed E-state index contributed by atoms with van der Waals surface area (Å²) < 4.78 is 0. The Morgan fingerprint density at radius 3 is 1.29 bits per heavy atom. The van der Waals surface area contributed by atoms with Crippen LogP contribution in [-0.2, 0) is 13.1 Å². The number of amides is 5. The van der Waals surface area contributed by atoms with Crippen molar-refractivity contribution in [3.63, 3.8) is 0 Å². The van der Waals surface area contributed by atoms with Gasteiger partial charge >= 0.3 is 18.0 Å². The smallest absolute Gasteiger partial charge is 0.335 e. The van der Waals surface area contributed by atoms with Crippen molar-refractivity contribution in [2.24, 2.45) is 0 Å². The zero-order valence-electron chi connectivity index (χ0n) is 36.5. The topological polar surface area (TPSA) is 126 Å². The van der Waals surface area contributed by atoms with Crippen LogP contribution in [0.3, 0.4) is 0 Å². The third-order valence-corrected chi connectivity index (χ3v) is 14.3. The first-order valence-corrected chi connectivity index (χ1v) is 24.3. The molecule has 7 aromatic rings. The second-order valence-electron chi connectivity index (χ2n) is 16.2. The fourth-order valence-electron chi connectivity index (χ4n) is 8.77. The number of piperazine rings is 1. The van der Waals surface area contributed by atoms with Gasteiger partial charge in [0.05, 0.1) is 59.1 Å². The lowest BCUT2D eigenvalue weighted by Crippen LogP contribution is -2.49. The van der Waals surface area contributed by atoms with E-state index in [0.717, 1.165) is 22.4 Å². The summed E-state index contributed by atoms with van der Waals surface area (Å²) in [5.41, 5.74) is 7.23. The minimum Gasteiger partial charge on any atom is -0.478 e. The monoisotopic (exact) mass is 1070 g/mol. The molecule has 70 heavy (non-hydrogen) atoms. The Bertz CT molecular complexity index is 3220. The van der Waals surface area contributed by atoms with Crippen molar-refractivity contribution in [3.05, 3.63) is 191 Å². The number of nitrogens with zero attached hydrogens (tertiary/aromatic N) is 4. The van der Waals surface area contributed by atoms with Crippen LogP contribution in [0.2, 0.25) is 35.2 Å². The van der Waals surface area contributed by atoms with Gasteiger partial charge in [-0.15, -0.1) is 0 Å². The highest BCUT2D eigenvalue weighted by molar-refractivity contribution is 6.41. The van der Waals surface area contributed by atoms with Crippen LogP contribution in [0.1, 0.15) is 31.8 Å². The van der Waals surface area contributed by atoms with Gasteiger partial charge in [-0.05, 0) is 83.9 Å². The number of carboxylic acids is 1. The Morgan fingerprint density at radius 2 is 0.843 bits per heavy atom. The molecule has 10 rings (SSSR count). The zero-order chi connectivity index (χ0) is 49.4.